The van der Waals surface area contributed by atoms with Crippen molar-refractivity contribution in [3.05, 3.63) is 58.2 Å². The number of benzene rings is 2. The summed E-state index contributed by atoms with van der Waals surface area (Å²) in [7, 11) is -3.07. The van der Waals surface area contributed by atoms with Crippen molar-refractivity contribution in [3.63, 3.8) is 0 Å². The van der Waals surface area contributed by atoms with E-state index in [0.29, 0.717) is 11.1 Å². The van der Waals surface area contributed by atoms with Gasteiger partial charge in [0.1, 0.15) is 11.6 Å². The molecule has 0 radical (unpaired) electrons. The first-order chi connectivity index (χ1) is 19.0. The molecule has 0 bridgehead atoms. The van der Waals surface area contributed by atoms with Crippen molar-refractivity contribution in [1.29, 1.82) is 0 Å². The van der Waals surface area contributed by atoms with Crippen LogP contribution in [0.15, 0.2) is 24.3 Å². The molecule has 3 amide bonds. The fraction of sp³-hybridized carbons (Fsp3) is 0.333. The van der Waals surface area contributed by atoms with Gasteiger partial charge in [0.05, 0.1) is 42.8 Å². The van der Waals surface area contributed by atoms with E-state index in [0.717, 1.165) is 0 Å². The molecule has 0 spiro atoms. The monoisotopic (exact) mass is 557 g/mol. The zero-order valence-corrected chi connectivity index (χ0v) is 20.9. The van der Waals surface area contributed by atoms with Crippen LogP contribution in [0, 0.1) is 11.6 Å². The fourth-order valence-corrected chi connectivity index (χ4v) is 5.07. The van der Waals surface area contributed by atoms with Gasteiger partial charge in [-0.1, -0.05) is 12.1 Å². The minimum atomic E-state index is -1.53. The second kappa shape index (κ2) is 11.0. The number of nitrogens with zero attached hydrogens (tertiary/aromatic N) is 1. The standard InChI is InChI=1S/C24H23B2F2N3O9/c27-21-13(3-1-11-9-39-25(37)19(11)21)23(35)29-15-7-31(17(32)5-6-18(33)34)8-16(15)30-24(36)14-4-2-12-10-40-26(38)20(12)22(14)28/h1-4,15-16,37-38H,5-10H2,(H,29,35)(H,30,36)(H,33,34)/t15-,16-/m0/s1. The van der Waals surface area contributed by atoms with Crippen molar-refractivity contribution >= 4 is 48.9 Å². The zero-order chi connectivity index (χ0) is 28.7. The number of fused-ring (bicyclic) bond motifs is 2. The Bertz CT molecular complexity index is 1320. The minimum Gasteiger partial charge on any atom is -0.481 e. The van der Waals surface area contributed by atoms with E-state index in [9.17, 15) is 29.2 Å². The summed E-state index contributed by atoms with van der Waals surface area (Å²) in [5.41, 5.74) is -0.352. The molecule has 0 saturated carbocycles. The van der Waals surface area contributed by atoms with Gasteiger partial charge in [-0.25, -0.2) is 8.78 Å². The SMILES string of the molecule is O=C(O)CCC(=O)N1C[C@H](NC(=O)c2ccc3c(c2F)B(O)OC3)[C@@H](NC(=O)c2ccc3c(c2F)B(O)OC3)C1. The number of carboxylic acids is 1. The summed E-state index contributed by atoms with van der Waals surface area (Å²) >= 11 is 0. The van der Waals surface area contributed by atoms with E-state index < -0.39 is 79.2 Å². The molecule has 2 aromatic carbocycles. The molecule has 208 valence electrons. The number of hydrogen-bond donors (Lipinski definition) is 5. The fourth-order valence-electron chi connectivity index (χ4n) is 5.07. The number of aliphatic carboxylic acids is 1. The lowest BCUT2D eigenvalue weighted by Crippen LogP contribution is -2.51. The van der Waals surface area contributed by atoms with Crippen molar-refractivity contribution in [2.24, 2.45) is 0 Å². The first-order valence-electron chi connectivity index (χ1n) is 12.4. The first kappa shape index (κ1) is 27.7. The van der Waals surface area contributed by atoms with Crippen molar-refractivity contribution in [3.8, 4) is 0 Å². The Hall–Kier alpha value is -3.85. The van der Waals surface area contributed by atoms with Crippen LogP contribution in [0.5, 0.6) is 0 Å². The molecule has 3 aliphatic heterocycles. The van der Waals surface area contributed by atoms with Gasteiger partial charge in [0.15, 0.2) is 0 Å². The number of halogens is 2. The Kier molecular flexibility index (Phi) is 7.59. The van der Waals surface area contributed by atoms with Gasteiger partial charge in [-0.2, -0.15) is 0 Å². The minimum absolute atomic E-state index is 0.0259. The van der Waals surface area contributed by atoms with Gasteiger partial charge in [0.2, 0.25) is 5.91 Å². The Morgan fingerprint density at radius 1 is 0.825 bits per heavy atom. The van der Waals surface area contributed by atoms with Crippen LogP contribution in [0.3, 0.4) is 0 Å². The Morgan fingerprint density at radius 2 is 1.27 bits per heavy atom. The average molecular weight is 557 g/mol. The summed E-state index contributed by atoms with van der Waals surface area (Å²) in [6.07, 6.45) is -0.760. The second-order valence-electron chi connectivity index (χ2n) is 9.68. The third-order valence-corrected chi connectivity index (χ3v) is 7.17. The predicted molar refractivity (Wildman–Crippen MR) is 134 cm³/mol. The van der Waals surface area contributed by atoms with E-state index in [1.807, 2.05) is 0 Å². The van der Waals surface area contributed by atoms with E-state index in [2.05, 4.69) is 10.6 Å². The molecule has 3 heterocycles. The summed E-state index contributed by atoms with van der Waals surface area (Å²) in [6.45, 7) is -0.344. The van der Waals surface area contributed by atoms with Gasteiger partial charge in [-0.3, -0.25) is 19.2 Å². The summed E-state index contributed by atoms with van der Waals surface area (Å²) in [6, 6.07) is 3.38. The molecule has 0 aromatic heterocycles. The van der Waals surface area contributed by atoms with E-state index in [1.165, 1.54) is 29.2 Å². The topological polar surface area (TPSA) is 175 Å². The Labute approximate surface area is 226 Å². The largest absolute Gasteiger partial charge is 0.494 e. The van der Waals surface area contributed by atoms with Crippen LogP contribution in [-0.4, -0.2) is 83.2 Å². The molecule has 1 fully saturated rings. The van der Waals surface area contributed by atoms with Crippen molar-refractivity contribution in [2.45, 2.75) is 38.1 Å². The summed E-state index contributed by atoms with van der Waals surface area (Å²) in [5, 5.41) is 33.9. The maximum Gasteiger partial charge on any atom is 0.494 e. The molecule has 0 unspecified atom stereocenters. The summed E-state index contributed by atoms with van der Waals surface area (Å²) in [5.74, 6) is -5.48. The molecule has 12 nitrogen and oxygen atoms in total. The highest BCUT2D eigenvalue weighted by atomic mass is 19.1. The lowest BCUT2D eigenvalue weighted by Gasteiger charge is -2.21. The molecule has 40 heavy (non-hydrogen) atoms. The van der Waals surface area contributed by atoms with Gasteiger partial charge < -0.3 is 40.0 Å². The molecule has 16 heteroatoms. The van der Waals surface area contributed by atoms with Crippen LogP contribution >= 0.6 is 0 Å². The summed E-state index contributed by atoms with van der Waals surface area (Å²) < 4.78 is 40.2. The molecular weight excluding hydrogens is 534 g/mol. The number of hydrogen-bond acceptors (Lipinski definition) is 8. The number of nitrogens with one attached hydrogen (secondary N) is 2. The molecule has 2 aromatic rings. The van der Waals surface area contributed by atoms with Crippen LogP contribution in [0.4, 0.5) is 8.78 Å². The maximum absolute atomic E-state index is 15.1. The van der Waals surface area contributed by atoms with Crippen LogP contribution in [-0.2, 0) is 32.1 Å². The van der Waals surface area contributed by atoms with Gasteiger partial charge in [0.25, 0.3) is 11.8 Å². The van der Waals surface area contributed by atoms with E-state index in [-0.39, 0.29) is 43.6 Å². The van der Waals surface area contributed by atoms with Crippen molar-refractivity contribution in [1.82, 2.24) is 15.5 Å². The Balaban J connectivity index is 1.37. The molecule has 2 atom stereocenters. The molecule has 5 rings (SSSR count). The van der Waals surface area contributed by atoms with Crippen LogP contribution in [0.1, 0.15) is 44.7 Å². The maximum atomic E-state index is 15.1. The van der Waals surface area contributed by atoms with Crippen LogP contribution in [0.2, 0.25) is 0 Å². The molecule has 5 N–H and O–H groups in total. The first-order valence-corrected chi connectivity index (χ1v) is 12.4. The van der Waals surface area contributed by atoms with Gasteiger partial charge in [-0.15, -0.1) is 0 Å². The third-order valence-electron chi connectivity index (χ3n) is 7.17. The number of rotatable bonds is 7. The molecule has 1 saturated heterocycles. The predicted octanol–water partition coefficient (Wildman–Crippen LogP) is -2.00. The number of carbonyl (C=O) groups is 4. The Morgan fingerprint density at radius 3 is 1.70 bits per heavy atom. The number of carbonyl (C=O) groups excluding carboxylic acids is 3. The van der Waals surface area contributed by atoms with Gasteiger partial charge >= 0.3 is 20.2 Å². The van der Waals surface area contributed by atoms with Crippen LogP contribution in [0.25, 0.3) is 0 Å². The van der Waals surface area contributed by atoms with Gasteiger partial charge in [-0.05, 0) is 23.3 Å². The van der Waals surface area contributed by atoms with E-state index in [4.69, 9.17) is 14.4 Å². The third kappa shape index (κ3) is 5.18. The second-order valence-corrected chi connectivity index (χ2v) is 9.68. The smallest absolute Gasteiger partial charge is 0.481 e. The summed E-state index contributed by atoms with van der Waals surface area (Å²) in [4.78, 5) is 50.9. The normalized spacial score (nSPS) is 19.4. The van der Waals surface area contributed by atoms with E-state index >= 15 is 8.78 Å². The quantitative estimate of drug-likeness (QED) is 0.242. The highest BCUT2D eigenvalue weighted by molar-refractivity contribution is 6.62. The lowest BCUT2D eigenvalue weighted by molar-refractivity contribution is -0.140. The highest BCUT2D eigenvalue weighted by Crippen LogP contribution is 2.20. The number of carboxylic acid groups (broad SMARTS) is 1. The molecular formula is C24H23B2F2N3O9. The van der Waals surface area contributed by atoms with Gasteiger partial charge in [0, 0.05) is 30.4 Å². The number of likely N-dealkylation sites (tertiary alicyclic amines) is 1. The van der Waals surface area contributed by atoms with Crippen molar-refractivity contribution in [2.75, 3.05) is 13.1 Å². The number of amides is 3. The lowest BCUT2D eigenvalue weighted by atomic mass is 9.78. The van der Waals surface area contributed by atoms with Crippen LogP contribution < -0.4 is 21.6 Å². The molecule has 3 aliphatic rings. The van der Waals surface area contributed by atoms with E-state index in [1.54, 1.807) is 0 Å². The zero-order valence-electron chi connectivity index (χ0n) is 20.9. The highest BCUT2D eigenvalue weighted by Gasteiger charge is 2.40. The van der Waals surface area contributed by atoms with Crippen molar-refractivity contribution < 1.29 is 52.4 Å². The average Bonchev–Trinajstić information content (AvgIpc) is 3.60. The molecule has 0 aliphatic carbocycles.